The molecular formula is C9H4N3O7P. The predicted octanol–water partition coefficient (Wildman–Crippen LogP) is 1.06. The van der Waals surface area contributed by atoms with Gasteiger partial charge < -0.3 is 4.52 Å². The molecule has 0 heterocycles. The number of benzene rings is 1. The third-order valence-corrected chi connectivity index (χ3v) is 2.23. The molecule has 2 N–H and O–H groups in total. The lowest BCUT2D eigenvalue weighted by atomic mass is 10.2. The number of rotatable bonds is 5. The molecule has 1 rings (SSSR count). The summed E-state index contributed by atoms with van der Waals surface area (Å²) < 4.78 is 15.0. The Labute approximate surface area is 110 Å². The quantitative estimate of drug-likeness (QED) is 0.467. The van der Waals surface area contributed by atoms with E-state index in [1.54, 1.807) is 0 Å². The Hall–Kier alpha value is -2.69. The zero-order valence-electron chi connectivity index (χ0n) is 9.38. The van der Waals surface area contributed by atoms with Crippen LogP contribution in [0, 0.1) is 0 Å². The second-order valence-electron chi connectivity index (χ2n) is 2.97. The Balaban J connectivity index is 3.67. The van der Waals surface area contributed by atoms with E-state index in [4.69, 9.17) is 9.79 Å². The predicted molar refractivity (Wildman–Crippen MR) is 62.5 cm³/mol. The van der Waals surface area contributed by atoms with E-state index in [1.165, 1.54) is 6.08 Å². The smallest absolute Gasteiger partial charge is 0.402 e. The number of carbonyl (C=O) groups excluding carboxylic acids is 3. The molecule has 0 bridgehead atoms. The van der Waals surface area contributed by atoms with Crippen LogP contribution < -0.4 is 4.52 Å². The fourth-order valence-electron chi connectivity index (χ4n) is 1.20. The summed E-state index contributed by atoms with van der Waals surface area (Å²) in [5.74, 6) is -0.555. The van der Waals surface area contributed by atoms with Crippen LogP contribution >= 0.6 is 7.82 Å². The van der Waals surface area contributed by atoms with Gasteiger partial charge in [0.15, 0.2) is 5.75 Å². The van der Waals surface area contributed by atoms with Crippen molar-refractivity contribution in [3.8, 4) is 5.75 Å². The van der Waals surface area contributed by atoms with Crippen LogP contribution in [0.3, 0.4) is 0 Å². The van der Waals surface area contributed by atoms with E-state index in [9.17, 15) is 18.9 Å². The highest BCUT2D eigenvalue weighted by Gasteiger charge is 2.22. The number of aliphatic imine (C=N–C) groups is 3. The van der Waals surface area contributed by atoms with E-state index in [1.807, 2.05) is 0 Å². The summed E-state index contributed by atoms with van der Waals surface area (Å²) in [4.78, 5) is 57.7. The van der Waals surface area contributed by atoms with E-state index in [-0.39, 0.29) is 5.69 Å². The summed E-state index contributed by atoms with van der Waals surface area (Å²) in [5, 5.41) is 0. The lowest BCUT2D eigenvalue weighted by Crippen LogP contribution is -1.91. The Morgan fingerprint density at radius 3 is 2.00 bits per heavy atom. The summed E-state index contributed by atoms with van der Waals surface area (Å²) >= 11 is 0. The van der Waals surface area contributed by atoms with Gasteiger partial charge in [0.05, 0.1) is 0 Å². The molecular weight excluding hydrogens is 293 g/mol. The molecule has 0 atom stereocenters. The SMILES string of the molecule is O=C=Nc1ccc(OP(=O)(O)O)c(N=C=O)c1N=C=O. The van der Waals surface area contributed by atoms with Crippen molar-refractivity contribution in [2.24, 2.45) is 15.0 Å². The zero-order valence-corrected chi connectivity index (χ0v) is 10.3. The fourth-order valence-corrected chi connectivity index (χ4v) is 1.60. The summed E-state index contributed by atoms with van der Waals surface area (Å²) in [5.41, 5.74) is -1.21. The standard InChI is InChI=1S/C9H4N3O7P/c13-3-10-6-1-2-7(19-20(16,17)18)9(12-5-15)8(6)11-4-14/h1-2H,(H2,16,17,18). The number of hydrogen-bond donors (Lipinski definition) is 2. The molecule has 0 saturated carbocycles. The van der Waals surface area contributed by atoms with Crippen LogP contribution in [-0.2, 0) is 18.9 Å². The number of phosphoric ester groups is 1. The van der Waals surface area contributed by atoms with Crippen molar-refractivity contribution < 1.29 is 33.3 Å². The van der Waals surface area contributed by atoms with Gasteiger partial charge in [-0.25, -0.2) is 18.9 Å². The highest BCUT2D eigenvalue weighted by Crippen LogP contribution is 2.49. The van der Waals surface area contributed by atoms with Crippen molar-refractivity contribution in [1.82, 2.24) is 0 Å². The molecule has 0 saturated heterocycles. The van der Waals surface area contributed by atoms with Gasteiger partial charge in [-0.2, -0.15) is 15.0 Å². The number of isocyanates is 3. The first-order valence-corrected chi connectivity index (χ1v) is 6.11. The molecule has 0 aliphatic heterocycles. The lowest BCUT2D eigenvalue weighted by Gasteiger charge is -2.10. The second kappa shape index (κ2) is 6.47. The average molecular weight is 297 g/mol. The minimum Gasteiger partial charge on any atom is -0.402 e. The summed E-state index contributed by atoms with van der Waals surface area (Å²) in [7, 11) is -4.95. The Kier molecular flexibility index (Phi) is 4.97. The number of phosphoric acid groups is 1. The minimum atomic E-state index is -4.95. The van der Waals surface area contributed by atoms with Crippen molar-refractivity contribution in [3.63, 3.8) is 0 Å². The summed E-state index contributed by atoms with van der Waals surface area (Å²) in [6, 6.07) is 2.02. The topological polar surface area (TPSA) is 155 Å². The van der Waals surface area contributed by atoms with E-state index in [0.29, 0.717) is 0 Å². The maximum atomic E-state index is 10.8. The van der Waals surface area contributed by atoms with Gasteiger partial charge in [0.25, 0.3) is 0 Å². The molecule has 1 aromatic rings. The first kappa shape index (κ1) is 15.4. The average Bonchev–Trinajstić information content (AvgIpc) is 2.35. The van der Waals surface area contributed by atoms with E-state index >= 15 is 0 Å². The second-order valence-corrected chi connectivity index (χ2v) is 4.13. The highest BCUT2D eigenvalue weighted by molar-refractivity contribution is 7.46. The maximum Gasteiger partial charge on any atom is 0.524 e. The van der Waals surface area contributed by atoms with Crippen molar-refractivity contribution in [3.05, 3.63) is 12.1 Å². The first-order valence-electron chi connectivity index (χ1n) is 4.58. The van der Waals surface area contributed by atoms with Gasteiger partial charge in [0.2, 0.25) is 18.2 Å². The molecule has 0 unspecified atom stereocenters. The third-order valence-electron chi connectivity index (χ3n) is 1.79. The highest BCUT2D eigenvalue weighted by atomic mass is 31.2. The molecule has 0 aliphatic carbocycles. The molecule has 102 valence electrons. The largest absolute Gasteiger partial charge is 0.524 e. The van der Waals surface area contributed by atoms with Gasteiger partial charge in [0.1, 0.15) is 17.1 Å². The first-order chi connectivity index (χ1) is 9.42. The molecule has 10 nitrogen and oxygen atoms in total. The normalized spacial score (nSPS) is 9.70. The minimum absolute atomic E-state index is 0.226. The van der Waals surface area contributed by atoms with Crippen molar-refractivity contribution >= 4 is 43.1 Å². The number of nitrogens with zero attached hydrogens (tertiary/aromatic N) is 3. The molecule has 0 radical (unpaired) electrons. The van der Waals surface area contributed by atoms with Crippen molar-refractivity contribution in [1.29, 1.82) is 0 Å². The van der Waals surface area contributed by atoms with Crippen molar-refractivity contribution in [2.45, 2.75) is 0 Å². The van der Waals surface area contributed by atoms with Crippen LogP contribution in [0.1, 0.15) is 0 Å². The van der Waals surface area contributed by atoms with Crippen LogP contribution in [0.5, 0.6) is 5.75 Å². The summed E-state index contributed by atoms with van der Waals surface area (Å²) in [6.07, 6.45) is 3.38. The molecule has 0 amide bonds. The molecule has 0 aliphatic rings. The van der Waals surface area contributed by atoms with Crippen LogP contribution in [0.4, 0.5) is 17.1 Å². The fraction of sp³-hybridized carbons (Fsp3) is 0. The van der Waals surface area contributed by atoms with Gasteiger partial charge in [-0.05, 0) is 12.1 Å². The third kappa shape index (κ3) is 3.91. The number of hydrogen-bond acceptors (Lipinski definition) is 8. The van der Waals surface area contributed by atoms with Crippen LogP contribution in [-0.4, -0.2) is 28.0 Å². The molecule has 1 aromatic carbocycles. The molecule has 20 heavy (non-hydrogen) atoms. The zero-order chi connectivity index (χ0) is 15.2. The monoisotopic (exact) mass is 297 g/mol. The van der Waals surface area contributed by atoms with E-state index in [0.717, 1.165) is 24.3 Å². The summed E-state index contributed by atoms with van der Waals surface area (Å²) in [6.45, 7) is 0. The van der Waals surface area contributed by atoms with Crippen molar-refractivity contribution in [2.75, 3.05) is 0 Å². The van der Waals surface area contributed by atoms with Gasteiger partial charge >= 0.3 is 7.82 Å². The molecule has 11 heteroatoms. The lowest BCUT2D eigenvalue weighted by molar-refractivity contribution is 0.283. The van der Waals surface area contributed by atoms with Crippen LogP contribution in [0.15, 0.2) is 27.1 Å². The maximum absolute atomic E-state index is 10.8. The molecule has 0 fully saturated rings. The van der Waals surface area contributed by atoms with E-state index in [2.05, 4.69) is 19.5 Å². The van der Waals surface area contributed by atoms with Crippen LogP contribution in [0.25, 0.3) is 0 Å². The van der Waals surface area contributed by atoms with Gasteiger partial charge in [-0.1, -0.05) is 0 Å². The van der Waals surface area contributed by atoms with Gasteiger partial charge in [-0.3, -0.25) is 9.79 Å². The Bertz CT molecular complexity index is 721. The van der Waals surface area contributed by atoms with E-state index < -0.39 is 24.9 Å². The Morgan fingerprint density at radius 1 is 0.950 bits per heavy atom. The van der Waals surface area contributed by atoms with Gasteiger partial charge in [0, 0.05) is 0 Å². The Morgan fingerprint density at radius 2 is 1.50 bits per heavy atom. The van der Waals surface area contributed by atoms with Crippen LogP contribution in [0.2, 0.25) is 0 Å². The van der Waals surface area contributed by atoms with Gasteiger partial charge in [-0.15, -0.1) is 0 Å². The molecule has 0 spiro atoms. The molecule has 0 aromatic heterocycles.